The lowest BCUT2D eigenvalue weighted by molar-refractivity contribution is 0.160. The molecule has 0 aliphatic heterocycles. The van der Waals surface area contributed by atoms with E-state index in [1.54, 1.807) is 11.3 Å². The third-order valence-electron chi connectivity index (χ3n) is 3.74. The zero-order valence-electron chi connectivity index (χ0n) is 10.9. The fourth-order valence-corrected chi connectivity index (χ4v) is 3.79. The summed E-state index contributed by atoms with van der Waals surface area (Å²) in [6.07, 6.45) is 2.49. The summed E-state index contributed by atoms with van der Waals surface area (Å²) in [5, 5.41) is 12.1. The maximum atomic E-state index is 10.0. The van der Waals surface area contributed by atoms with Gasteiger partial charge in [-0.1, -0.05) is 24.3 Å². The first-order valence-electron chi connectivity index (χ1n) is 6.85. The van der Waals surface area contributed by atoms with Gasteiger partial charge in [-0.2, -0.15) is 0 Å². The number of hydrogen-bond acceptors (Lipinski definition) is 4. The first-order valence-corrected chi connectivity index (χ1v) is 7.67. The molecular weight excluding hydrogens is 268 g/mol. The van der Waals surface area contributed by atoms with Crippen molar-refractivity contribution in [3.8, 4) is 10.7 Å². The lowest BCUT2D eigenvalue weighted by Crippen LogP contribution is -2.06. The average Bonchev–Trinajstić information content (AvgIpc) is 2.92. The van der Waals surface area contributed by atoms with E-state index in [9.17, 15) is 5.11 Å². The third-order valence-corrected chi connectivity index (χ3v) is 4.96. The molecule has 1 aromatic carbocycles. The Labute approximate surface area is 120 Å². The van der Waals surface area contributed by atoms with Gasteiger partial charge in [0.2, 0.25) is 0 Å². The molecular formula is C16H14N2OS. The van der Waals surface area contributed by atoms with Crippen molar-refractivity contribution in [1.82, 2.24) is 9.97 Å². The van der Waals surface area contributed by atoms with Crippen LogP contribution < -0.4 is 0 Å². The lowest BCUT2D eigenvalue weighted by Gasteiger charge is -2.14. The van der Waals surface area contributed by atoms with Gasteiger partial charge < -0.3 is 5.11 Å². The van der Waals surface area contributed by atoms with Crippen molar-refractivity contribution in [3.63, 3.8) is 0 Å². The van der Waals surface area contributed by atoms with Crippen molar-refractivity contribution in [3.05, 3.63) is 47.0 Å². The minimum absolute atomic E-state index is 0.342. The van der Waals surface area contributed by atoms with Crippen LogP contribution in [0.4, 0.5) is 0 Å². The van der Waals surface area contributed by atoms with Gasteiger partial charge in [0.25, 0.3) is 0 Å². The predicted molar refractivity (Wildman–Crippen MR) is 80.7 cm³/mol. The fraction of sp³-hybridized carbons (Fsp3) is 0.250. The molecule has 0 spiro atoms. The average molecular weight is 282 g/mol. The van der Waals surface area contributed by atoms with Crippen LogP contribution in [0.1, 0.15) is 29.5 Å². The number of nitrogens with zero attached hydrogens (tertiary/aromatic N) is 2. The number of para-hydroxylation sites is 1. The number of hydrogen-bond donors (Lipinski definition) is 1. The summed E-state index contributed by atoms with van der Waals surface area (Å²) >= 11 is 1.58. The SMILES string of the molecule is OC1CCCc2nc(-c3ccc4ccccc4n3)sc21. The number of benzene rings is 1. The highest BCUT2D eigenvalue weighted by molar-refractivity contribution is 7.15. The van der Waals surface area contributed by atoms with Gasteiger partial charge in [0.05, 0.1) is 27.9 Å². The van der Waals surface area contributed by atoms with Crippen LogP contribution in [0.2, 0.25) is 0 Å². The molecule has 1 aliphatic rings. The van der Waals surface area contributed by atoms with Crippen LogP contribution in [0.3, 0.4) is 0 Å². The molecule has 1 N–H and O–H groups in total. The van der Waals surface area contributed by atoms with Crippen LogP contribution in [-0.2, 0) is 6.42 Å². The van der Waals surface area contributed by atoms with Crippen LogP contribution in [-0.4, -0.2) is 15.1 Å². The van der Waals surface area contributed by atoms with Gasteiger partial charge in [-0.05, 0) is 31.4 Å². The van der Waals surface area contributed by atoms with Crippen molar-refractivity contribution in [2.45, 2.75) is 25.4 Å². The van der Waals surface area contributed by atoms with Gasteiger partial charge in [-0.25, -0.2) is 9.97 Å². The molecule has 20 heavy (non-hydrogen) atoms. The van der Waals surface area contributed by atoms with Crippen LogP contribution in [0.5, 0.6) is 0 Å². The Bertz CT molecular complexity index is 781. The molecule has 4 rings (SSSR count). The highest BCUT2D eigenvalue weighted by atomic mass is 32.1. The molecule has 2 heterocycles. The quantitative estimate of drug-likeness (QED) is 0.739. The summed E-state index contributed by atoms with van der Waals surface area (Å²) < 4.78 is 0. The monoisotopic (exact) mass is 282 g/mol. The Morgan fingerprint density at radius 1 is 1.10 bits per heavy atom. The summed E-state index contributed by atoms with van der Waals surface area (Å²) in [7, 11) is 0. The molecule has 1 atom stereocenters. The predicted octanol–water partition coefficient (Wildman–Crippen LogP) is 3.73. The number of pyridine rings is 1. The number of thiazole rings is 1. The van der Waals surface area contributed by atoms with E-state index in [1.807, 2.05) is 24.3 Å². The first kappa shape index (κ1) is 12.0. The van der Waals surface area contributed by atoms with Crippen LogP contribution in [0, 0.1) is 0 Å². The normalized spacial score (nSPS) is 18.1. The maximum absolute atomic E-state index is 10.0. The zero-order chi connectivity index (χ0) is 13.5. The molecule has 0 fully saturated rings. The van der Waals surface area contributed by atoms with Crippen molar-refractivity contribution >= 4 is 22.2 Å². The van der Waals surface area contributed by atoms with Gasteiger partial charge >= 0.3 is 0 Å². The molecule has 0 saturated carbocycles. The second-order valence-electron chi connectivity index (χ2n) is 5.13. The molecule has 1 aliphatic carbocycles. The maximum Gasteiger partial charge on any atom is 0.142 e. The van der Waals surface area contributed by atoms with E-state index >= 15 is 0 Å². The first-order chi connectivity index (χ1) is 9.81. The van der Waals surface area contributed by atoms with Crippen LogP contribution in [0.15, 0.2) is 36.4 Å². The standard InChI is InChI=1S/C16H14N2OS/c19-14-7-3-6-12-15(14)20-16(18-12)13-9-8-10-4-1-2-5-11(10)17-13/h1-2,4-5,8-9,14,19H,3,6-7H2. The number of aromatic nitrogens is 2. The van der Waals surface area contributed by atoms with E-state index in [0.29, 0.717) is 0 Å². The van der Waals surface area contributed by atoms with E-state index in [1.165, 1.54) is 0 Å². The minimum atomic E-state index is -0.342. The molecule has 3 nitrogen and oxygen atoms in total. The molecule has 100 valence electrons. The van der Waals surface area contributed by atoms with Gasteiger partial charge in [-0.15, -0.1) is 11.3 Å². The molecule has 0 radical (unpaired) electrons. The van der Waals surface area contributed by atoms with E-state index in [-0.39, 0.29) is 6.10 Å². The van der Waals surface area contributed by atoms with Gasteiger partial charge in [0.1, 0.15) is 5.01 Å². The van der Waals surface area contributed by atoms with E-state index in [4.69, 9.17) is 0 Å². The van der Waals surface area contributed by atoms with Crippen LogP contribution >= 0.6 is 11.3 Å². The lowest BCUT2D eigenvalue weighted by atomic mass is 10.0. The summed E-state index contributed by atoms with van der Waals surface area (Å²) in [5.41, 5.74) is 2.94. The molecule has 2 aromatic heterocycles. The largest absolute Gasteiger partial charge is 0.388 e. The Kier molecular flexibility index (Phi) is 2.79. The highest BCUT2D eigenvalue weighted by Gasteiger charge is 2.23. The summed E-state index contributed by atoms with van der Waals surface area (Å²) in [6.45, 7) is 0. The smallest absolute Gasteiger partial charge is 0.142 e. The van der Waals surface area contributed by atoms with Crippen molar-refractivity contribution in [2.24, 2.45) is 0 Å². The number of aliphatic hydroxyl groups is 1. The Morgan fingerprint density at radius 3 is 2.90 bits per heavy atom. The van der Waals surface area contributed by atoms with Crippen molar-refractivity contribution in [2.75, 3.05) is 0 Å². The molecule has 0 amide bonds. The number of rotatable bonds is 1. The molecule has 0 saturated heterocycles. The summed E-state index contributed by atoms with van der Waals surface area (Å²) in [5.74, 6) is 0. The van der Waals surface area contributed by atoms with Gasteiger partial charge in [-0.3, -0.25) is 0 Å². The van der Waals surface area contributed by atoms with Gasteiger partial charge in [0, 0.05) is 5.39 Å². The fourth-order valence-electron chi connectivity index (χ4n) is 2.69. The molecule has 1 unspecified atom stereocenters. The summed E-state index contributed by atoms with van der Waals surface area (Å²) in [6, 6.07) is 12.2. The third kappa shape index (κ3) is 1.92. The Hall–Kier alpha value is -1.78. The van der Waals surface area contributed by atoms with E-state index < -0.39 is 0 Å². The van der Waals surface area contributed by atoms with Gasteiger partial charge in [0.15, 0.2) is 0 Å². The molecule has 4 heteroatoms. The topological polar surface area (TPSA) is 46.0 Å². The van der Waals surface area contributed by atoms with E-state index in [0.717, 1.165) is 51.4 Å². The summed E-state index contributed by atoms with van der Waals surface area (Å²) in [4.78, 5) is 10.4. The number of aliphatic hydroxyl groups excluding tert-OH is 1. The molecule has 0 bridgehead atoms. The Morgan fingerprint density at radius 2 is 2.00 bits per heavy atom. The number of fused-ring (bicyclic) bond motifs is 2. The zero-order valence-corrected chi connectivity index (χ0v) is 11.7. The van der Waals surface area contributed by atoms with Crippen molar-refractivity contribution < 1.29 is 5.11 Å². The highest BCUT2D eigenvalue weighted by Crippen LogP contribution is 2.37. The van der Waals surface area contributed by atoms with Crippen LogP contribution in [0.25, 0.3) is 21.6 Å². The Balaban J connectivity index is 1.83. The second-order valence-corrected chi connectivity index (χ2v) is 6.16. The second kappa shape index (κ2) is 4.65. The van der Waals surface area contributed by atoms with E-state index in [2.05, 4.69) is 22.1 Å². The minimum Gasteiger partial charge on any atom is -0.388 e. The number of aryl methyl sites for hydroxylation is 1. The van der Waals surface area contributed by atoms with Crippen molar-refractivity contribution in [1.29, 1.82) is 0 Å². The molecule has 3 aromatic rings.